The average Bonchev–Trinajstić information content (AvgIpc) is 2.76. The Kier molecular flexibility index (Phi) is 6.78. The molecule has 0 radical (unpaired) electrons. The van der Waals surface area contributed by atoms with Gasteiger partial charge in [-0.05, 0) is 16.7 Å². The van der Waals surface area contributed by atoms with Gasteiger partial charge in [-0.15, -0.1) is 0 Å². The van der Waals surface area contributed by atoms with Gasteiger partial charge in [0, 0.05) is 6.92 Å². The third-order valence-corrected chi connectivity index (χ3v) is 4.68. The normalized spacial score (nSPS) is 12.0. The highest BCUT2D eigenvalue weighted by molar-refractivity contribution is 5.66. The van der Waals surface area contributed by atoms with E-state index in [4.69, 9.17) is 14.7 Å². The van der Waals surface area contributed by atoms with Crippen LogP contribution >= 0.6 is 0 Å². The maximum absolute atomic E-state index is 11.5. The van der Waals surface area contributed by atoms with E-state index in [0.717, 1.165) is 16.7 Å². The molecule has 0 N–H and O–H groups in total. The first-order chi connectivity index (χ1) is 14.2. The van der Waals surface area contributed by atoms with E-state index in [1.807, 2.05) is 91.0 Å². The molecule has 3 rings (SSSR count). The molecule has 0 aliphatic heterocycles. The van der Waals surface area contributed by atoms with Gasteiger partial charge in [0.05, 0.1) is 19.1 Å². The van der Waals surface area contributed by atoms with E-state index in [0.29, 0.717) is 0 Å². The molecule has 29 heavy (non-hydrogen) atoms. The Morgan fingerprint density at radius 1 is 0.862 bits per heavy atom. The van der Waals surface area contributed by atoms with Crippen LogP contribution in [0.2, 0.25) is 0 Å². The lowest BCUT2D eigenvalue weighted by Crippen LogP contribution is -2.36. The standard InChI is InChI=1S/C25H23NO3/c1-20(27)29-24(17-18-26)19-28-25(21-11-5-2-6-12-21,22-13-7-3-8-14-22)23-15-9-4-10-16-23/h2-16,24H,17,19H2,1H3/t24-/m1/s1. The molecule has 0 heterocycles. The maximum Gasteiger partial charge on any atom is 0.303 e. The zero-order valence-corrected chi connectivity index (χ0v) is 16.3. The third-order valence-electron chi connectivity index (χ3n) is 4.68. The lowest BCUT2D eigenvalue weighted by molar-refractivity contribution is -0.151. The summed E-state index contributed by atoms with van der Waals surface area (Å²) in [5.41, 5.74) is 1.96. The van der Waals surface area contributed by atoms with Gasteiger partial charge in [-0.3, -0.25) is 4.79 Å². The number of benzene rings is 3. The molecule has 146 valence electrons. The van der Waals surface area contributed by atoms with Gasteiger partial charge in [0.25, 0.3) is 0 Å². The molecule has 0 aliphatic rings. The number of carbonyl (C=O) groups excluding carboxylic acids is 1. The summed E-state index contributed by atoms with van der Waals surface area (Å²) in [7, 11) is 0. The van der Waals surface area contributed by atoms with E-state index in [-0.39, 0.29) is 13.0 Å². The van der Waals surface area contributed by atoms with Crippen LogP contribution in [0.1, 0.15) is 30.0 Å². The SMILES string of the molecule is CC(=O)O[C@H](CC#N)COC(c1ccccc1)(c1ccccc1)c1ccccc1. The van der Waals surface area contributed by atoms with Gasteiger partial charge in [-0.2, -0.15) is 5.26 Å². The summed E-state index contributed by atoms with van der Waals surface area (Å²) >= 11 is 0. The number of rotatable bonds is 8. The fourth-order valence-corrected chi connectivity index (χ4v) is 3.46. The van der Waals surface area contributed by atoms with Crippen molar-refractivity contribution in [3.8, 4) is 6.07 Å². The van der Waals surface area contributed by atoms with Crippen molar-refractivity contribution in [2.24, 2.45) is 0 Å². The topological polar surface area (TPSA) is 59.3 Å². The van der Waals surface area contributed by atoms with E-state index in [1.54, 1.807) is 0 Å². The molecule has 0 aromatic heterocycles. The molecule has 0 unspecified atom stereocenters. The molecular formula is C25H23NO3. The Morgan fingerprint density at radius 2 is 1.28 bits per heavy atom. The Hall–Kier alpha value is -3.42. The van der Waals surface area contributed by atoms with Crippen LogP contribution in [0.5, 0.6) is 0 Å². The van der Waals surface area contributed by atoms with Gasteiger partial charge in [0.1, 0.15) is 11.7 Å². The predicted octanol–water partition coefficient (Wildman–Crippen LogP) is 4.84. The number of ether oxygens (including phenoxy) is 2. The number of carbonyl (C=O) groups is 1. The van der Waals surface area contributed by atoms with Crippen molar-refractivity contribution >= 4 is 5.97 Å². The highest BCUT2D eigenvalue weighted by Gasteiger charge is 2.38. The smallest absolute Gasteiger partial charge is 0.303 e. The first-order valence-electron chi connectivity index (χ1n) is 9.51. The Morgan fingerprint density at radius 3 is 1.62 bits per heavy atom. The monoisotopic (exact) mass is 385 g/mol. The first kappa shape index (κ1) is 20.3. The lowest BCUT2D eigenvalue weighted by atomic mass is 9.80. The molecule has 3 aromatic rings. The third kappa shape index (κ3) is 4.71. The Labute approximate surface area is 171 Å². The predicted molar refractivity (Wildman–Crippen MR) is 111 cm³/mol. The summed E-state index contributed by atoms with van der Waals surface area (Å²) in [6, 6.07) is 31.9. The van der Waals surface area contributed by atoms with Crippen molar-refractivity contribution < 1.29 is 14.3 Å². The molecule has 0 spiro atoms. The summed E-state index contributed by atoms with van der Waals surface area (Å²) in [5.74, 6) is -0.432. The number of hydrogen-bond acceptors (Lipinski definition) is 4. The van der Waals surface area contributed by atoms with E-state index in [1.165, 1.54) is 6.92 Å². The number of hydrogen-bond donors (Lipinski definition) is 0. The zero-order valence-electron chi connectivity index (χ0n) is 16.3. The fourth-order valence-electron chi connectivity index (χ4n) is 3.46. The highest BCUT2D eigenvalue weighted by Crippen LogP contribution is 2.40. The van der Waals surface area contributed by atoms with Crippen molar-refractivity contribution in [3.05, 3.63) is 108 Å². The van der Waals surface area contributed by atoms with Crippen molar-refractivity contribution in [1.29, 1.82) is 5.26 Å². The molecule has 4 nitrogen and oxygen atoms in total. The van der Waals surface area contributed by atoms with E-state index in [9.17, 15) is 4.79 Å². The molecular weight excluding hydrogens is 362 g/mol. The van der Waals surface area contributed by atoms with Gasteiger partial charge >= 0.3 is 5.97 Å². The Balaban J connectivity index is 2.12. The lowest BCUT2D eigenvalue weighted by Gasteiger charge is -2.36. The van der Waals surface area contributed by atoms with Crippen LogP contribution in [-0.2, 0) is 19.9 Å². The van der Waals surface area contributed by atoms with Crippen molar-refractivity contribution in [2.75, 3.05) is 6.61 Å². The molecule has 0 saturated heterocycles. The van der Waals surface area contributed by atoms with Crippen LogP contribution in [0.15, 0.2) is 91.0 Å². The maximum atomic E-state index is 11.5. The van der Waals surface area contributed by atoms with Crippen molar-refractivity contribution in [2.45, 2.75) is 25.0 Å². The zero-order chi connectivity index (χ0) is 20.5. The molecule has 4 heteroatoms. The van der Waals surface area contributed by atoms with E-state index < -0.39 is 17.7 Å². The fraction of sp³-hybridized carbons (Fsp3) is 0.200. The summed E-state index contributed by atoms with van der Waals surface area (Å²) in [5, 5.41) is 9.13. The van der Waals surface area contributed by atoms with Crippen molar-refractivity contribution in [1.82, 2.24) is 0 Å². The van der Waals surface area contributed by atoms with Crippen molar-refractivity contribution in [3.63, 3.8) is 0 Å². The second-order valence-corrected chi connectivity index (χ2v) is 6.68. The number of nitrogens with zero attached hydrogens (tertiary/aromatic N) is 1. The van der Waals surface area contributed by atoms with Crippen LogP contribution in [0, 0.1) is 11.3 Å². The molecule has 3 aromatic carbocycles. The minimum atomic E-state index is -0.905. The molecule has 0 saturated carbocycles. The second kappa shape index (κ2) is 9.68. The second-order valence-electron chi connectivity index (χ2n) is 6.68. The summed E-state index contributed by atoms with van der Waals surface area (Å²) < 4.78 is 11.9. The first-order valence-corrected chi connectivity index (χ1v) is 9.51. The molecule has 0 fully saturated rings. The molecule has 0 bridgehead atoms. The molecule has 0 amide bonds. The minimum absolute atomic E-state index is 0.0635. The summed E-state index contributed by atoms with van der Waals surface area (Å²) in [6.07, 6.45) is -0.582. The van der Waals surface area contributed by atoms with Gasteiger partial charge in [-0.25, -0.2) is 0 Å². The summed E-state index contributed by atoms with van der Waals surface area (Å²) in [4.78, 5) is 11.5. The largest absolute Gasteiger partial charge is 0.459 e. The van der Waals surface area contributed by atoms with Gasteiger partial charge in [0.15, 0.2) is 0 Å². The van der Waals surface area contributed by atoms with Crippen LogP contribution in [0.4, 0.5) is 0 Å². The number of nitriles is 1. The quantitative estimate of drug-likeness (QED) is 0.411. The summed E-state index contributed by atoms with van der Waals surface area (Å²) in [6.45, 7) is 1.43. The van der Waals surface area contributed by atoms with Gasteiger partial charge in [-0.1, -0.05) is 91.0 Å². The van der Waals surface area contributed by atoms with Crippen LogP contribution in [0.3, 0.4) is 0 Å². The molecule has 0 aliphatic carbocycles. The van der Waals surface area contributed by atoms with Gasteiger partial charge in [0.2, 0.25) is 0 Å². The van der Waals surface area contributed by atoms with Gasteiger partial charge < -0.3 is 9.47 Å². The Bertz CT molecular complexity index is 853. The van der Waals surface area contributed by atoms with Crippen LogP contribution in [0.25, 0.3) is 0 Å². The van der Waals surface area contributed by atoms with Crippen LogP contribution in [-0.4, -0.2) is 18.7 Å². The number of esters is 1. The average molecular weight is 385 g/mol. The van der Waals surface area contributed by atoms with E-state index >= 15 is 0 Å². The minimum Gasteiger partial charge on any atom is -0.459 e. The molecule has 1 atom stereocenters. The van der Waals surface area contributed by atoms with E-state index in [2.05, 4.69) is 6.07 Å². The van der Waals surface area contributed by atoms with Crippen LogP contribution < -0.4 is 0 Å². The highest BCUT2D eigenvalue weighted by atomic mass is 16.6.